The molecule has 26 heavy (non-hydrogen) atoms. The summed E-state index contributed by atoms with van der Waals surface area (Å²) in [5.74, 6) is -0.156. The van der Waals surface area contributed by atoms with E-state index in [9.17, 15) is 21.6 Å². The molecule has 2 aromatic carbocycles. The van der Waals surface area contributed by atoms with Crippen LogP contribution in [-0.4, -0.2) is 20.7 Å². The Labute approximate surface area is 159 Å². The molecule has 0 heterocycles. The molecule has 0 bridgehead atoms. The van der Waals surface area contributed by atoms with Crippen molar-refractivity contribution in [3.05, 3.63) is 64.1 Å². The van der Waals surface area contributed by atoms with Gasteiger partial charge in [-0.3, -0.25) is 0 Å². The fourth-order valence-electron chi connectivity index (χ4n) is 2.44. The number of halogens is 4. The van der Waals surface area contributed by atoms with Gasteiger partial charge in [-0.25, -0.2) is 8.42 Å². The van der Waals surface area contributed by atoms with Crippen molar-refractivity contribution in [3.8, 4) is 0 Å². The number of alkyl halides is 3. The Bertz CT molecular complexity index is 863. The van der Waals surface area contributed by atoms with Crippen LogP contribution in [0.1, 0.15) is 25.0 Å². The van der Waals surface area contributed by atoms with E-state index in [0.29, 0.717) is 5.56 Å². The van der Waals surface area contributed by atoms with E-state index in [1.165, 1.54) is 18.2 Å². The average molecular weight is 450 g/mol. The second-order valence-corrected chi connectivity index (χ2v) is 9.43. The molecule has 8 heteroatoms. The van der Waals surface area contributed by atoms with Gasteiger partial charge in [0.2, 0.25) is 0 Å². The first-order valence-corrected chi connectivity index (χ1v) is 10.3. The van der Waals surface area contributed by atoms with Gasteiger partial charge in [-0.15, -0.1) is 0 Å². The van der Waals surface area contributed by atoms with Crippen molar-refractivity contribution in [2.75, 3.05) is 12.3 Å². The third-order valence-electron chi connectivity index (χ3n) is 4.02. The molecule has 0 fully saturated rings. The van der Waals surface area contributed by atoms with Gasteiger partial charge in [0.1, 0.15) is 0 Å². The molecule has 0 amide bonds. The molecule has 0 aromatic heterocycles. The van der Waals surface area contributed by atoms with E-state index in [1.54, 1.807) is 32.0 Å². The minimum Gasteiger partial charge on any atom is -0.307 e. The van der Waals surface area contributed by atoms with Gasteiger partial charge in [0.05, 0.1) is 16.2 Å². The largest absolute Gasteiger partial charge is 0.416 e. The molecule has 0 unspecified atom stereocenters. The summed E-state index contributed by atoms with van der Waals surface area (Å²) in [5, 5.41) is 3.04. The van der Waals surface area contributed by atoms with E-state index in [4.69, 9.17) is 0 Å². The molecule has 2 rings (SSSR count). The van der Waals surface area contributed by atoms with E-state index < -0.39 is 27.1 Å². The number of benzene rings is 2. The molecule has 0 aliphatic rings. The highest BCUT2D eigenvalue weighted by molar-refractivity contribution is 9.10. The topological polar surface area (TPSA) is 46.2 Å². The van der Waals surface area contributed by atoms with Crippen LogP contribution in [0.4, 0.5) is 13.2 Å². The Morgan fingerprint density at radius 3 is 2.15 bits per heavy atom. The van der Waals surface area contributed by atoms with Crippen LogP contribution >= 0.6 is 15.9 Å². The predicted molar refractivity (Wildman–Crippen MR) is 98.7 cm³/mol. The van der Waals surface area contributed by atoms with E-state index in [2.05, 4.69) is 21.2 Å². The quantitative estimate of drug-likeness (QED) is 0.690. The minimum absolute atomic E-state index is 0.113. The summed E-state index contributed by atoms with van der Waals surface area (Å²) < 4.78 is 64.1. The number of nitrogens with one attached hydrogen (secondary N) is 1. The van der Waals surface area contributed by atoms with Gasteiger partial charge < -0.3 is 5.32 Å². The van der Waals surface area contributed by atoms with Gasteiger partial charge >= 0.3 is 6.18 Å². The van der Waals surface area contributed by atoms with Crippen LogP contribution in [0.3, 0.4) is 0 Å². The van der Waals surface area contributed by atoms with Gasteiger partial charge in [-0.2, -0.15) is 13.2 Å². The van der Waals surface area contributed by atoms with Crippen LogP contribution < -0.4 is 5.32 Å². The molecule has 0 saturated carbocycles. The highest BCUT2D eigenvalue weighted by atomic mass is 79.9. The van der Waals surface area contributed by atoms with Crippen LogP contribution in [-0.2, 0) is 21.6 Å². The molecule has 0 saturated heterocycles. The van der Waals surface area contributed by atoms with Crippen LogP contribution in [0.25, 0.3) is 0 Å². The zero-order chi connectivity index (χ0) is 19.6. The molecular formula is C18H19BrF3NO2S. The Morgan fingerprint density at radius 2 is 1.58 bits per heavy atom. The van der Waals surface area contributed by atoms with Gasteiger partial charge in [0.25, 0.3) is 0 Å². The minimum atomic E-state index is -4.42. The fraction of sp³-hybridized carbons (Fsp3) is 0.333. The Kier molecular flexibility index (Phi) is 6.20. The Balaban J connectivity index is 2.07. The van der Waals surface area contributed by atoms with Crippen molar-refractivity contribution in [1.29, 1.82) is 0 Å². The Hall–Kier alpha value is -1.38. The number of sulfone groups is 1. The second kappa shape index (κ2) is 7.70. The van der Waals surface area contributed by atoms with Crippen molar-refractivity contribution in [1.82, 2.24) is 5.32 Å². The summed E-state index contributed by atoms with van der Waals surface area (Å²) in [6.45, 7) is 3.55. The summed E-state index contributed by atoms with van der Waals surface area (Å²) in [7, 11) is -3.48. The SMILES string of the molecule is CC(C)(NCCS(=O)(=O)c1ccc(Br)cc1)c1cccc(C(F)(F)F)c1. The molecule has 1 N–H and O–H groups in total. The second-order valence-electron chi connectivity index (χ2n) is 6.40. The summed E-state index contributed by atoms with van der Waals surface area (Å²) in [4.78, 5) is 0.208. The fourth-order valence-corrected chi connectivity index (χ4v) is 3.87. The smallest absolute Gasteiger partial charge is 0.307 e. The maximum absolute atomic E-state index is 12.9. The van der Waals surface area contributed by atoms with Gasteiger partial charge in [0.15, 0.2) is 9.84 Å². The normalized spacial score (nSPS) is 13.0. The molecule has 0 radical (unpaired) electrons. The Morgan fingerprint density at radius 1 is 1.00 bits per heavy atom. The zero-order valence-corrected chi connectivity index (χ0v) is 16.7. The number of hydrogen-bond acceptors (Lipinski definition) is 3. The van der Waals surface area contributed by atoms with Crippen molar-refractivity contribution in [2.45, 2.75) is 30.5 Å². The lowest BCUT2D eigenvalue weighted by Crippen LogP contribution is -2.39. The van der Waals surface area contributed by atoms with Crippen LogP contribution in [0.5, 0.6) is 0 Å². The highest BCUT2D eigenvalue weighted by Gasteiger charge is 2.32. The van der Waals surface area contributed by atoms with Crippen LogP contribution in [0.2, 0.25) is 0 Å². The summed E-state index contributed by atoms with van der Waals surface area (Å²) in [6, 6.07) is 11.3. The standard InChI is InChI=1S/C18H19BrF3NO2S/c1-17(2,13-4-3-5-14(12-13)18(20,21)22)23-10-11-26(24,25)16-8-6-15(19)7-9-16/h3-9,12,23H,10-11H2,1-2H3. The molecule has 3 nitrogen and oxygen atoms in total. The average Bonchev–Trinajstić information content (AvgIpc) is 2.54. The van der Waals surface area contributed by atoms with Gasteiger partial charge in [-0.1, -0.05) is 28.1 Å². The van der Waals surface area contributed by atoms with Crippen LogP contribution in [0, 0.1) is 0 Å². The van der Waals surface area contributed by atoms with E-state index in [1.807, 2.05) is 0 Å². The third kappa shape index (κ3) is 5.31. The first-order valence-electron chi connectivity index (χ1n) is 7.83. The number of rotatable bonds is 6. The molecule has 2 aromatic rings. The first kappa shape index (κ1) is 20.9. The lowest BCUT2D eigenvalue weighted by molar-refractivity contribution is -0.137. The molecule has 142 valence electrons. The maximum atomic E-state index is 12.9. The van der Waals surface area contributed by atoms with Crippen molar-refractivity contribution >= 4 is 25.8 Å². The molecule has 0 atom stereocenters. The predicted octanol–water partition coefficient (Wildman–Crippen LogP) is 4.77. The van der Waals surface area contributed by atoms with Crippen LogP contribution in [0.15, 0.2) is 57.9 Å². The lowest BCUT2D eigenvalue weighted by atomic mass is 9.92. The summed E-state index contributed by atoms with van der Waals surface area (Å²) >= 11 is 3.25. The maximum Gasteiger partial charge on any atom is 0.416 e. The van der Waals surface area contributed by atoms with E-state index >= 15 is 0 Å². The molecule has 0 spiro atoms. The van der Waals surface area contributed by atoms with Crippen molar-refractivity contribution in [2.24, 2.45) is 0 Å². The molecular weight excluding hydrogens is 431 g/mol. The molecule has 0 aliphatic heterocycles. The monoisotopic (exact) mass is 449 g/mol. The lowest BCUT2D eigenvalue weighted by Gasteiger charge is -2.28. The first-order chi connectivity index (χ1) is 11.9. The number of hydrogen-bond donors (Lipinski definition) is 1. The third-order valence-corrected chi connectivity index (χ3v) is 6.28. The van der Waals surface area contributed by atoms with E-state index in [-0.39, 0.29) is 17.2 Å². The van der Waals surface area contributed by atoms with Gasteiger partial charge in [-0.05, 0) is 55.8 Å². The van der Waals surface area contributed by atoms with E-state index in [0.717, 1.165) is 16.6 Å². The summed E-state index contributed by atoms with van der Waals surface area (Å²) in [5.41, 5.74) is -1.10. The molecule has 0 aliphatic carbocycles. The zero-order valence-electron chi connectivity index (χ0n) is 14.3. The van der Waals surface area contributed by atoms with Gasteiger partial charge in [0, 0.05) is 16.6 Å². The highest BCUT2D eigenvalue weighted by Crippen LogP contribution is 2.32. The summed E-state index contributed by atoms with van der Waals surface area (Å²) in [6.07, 6.45) is -4.42. The van der Waals surface area contributed by atoms with Crippen molar-refractivity contribution in [3.63, 3.8) is 0 Å². The van der Waals surface area contributed by atoms with Crippen molar-refractivity contribution < 1.29 is 21.6 Å².